The predicted octanol–water partition coefficient (Wildman–Crippen LogP) is 2.25. The lowest BCUT2D eigenvalue weighted by Crippen LogP contribution is -2.45. The number of hydrogen-bond donors (Lipinski definition) is 2. The van der Waals surface area contributed by atoms with Gasteiger partial charge in [-0.15, -0.1) is 0 Å². The fourth-order valence-corrected chi connectivity index (χ4v) is 3.68. The molecule has 2 amide bonds. The average molecular weight is 403 g/mol. The van der Waals surface area contributed by atoms with Crippen molar-refractivity contribution in [3.8, 4) is 11.5 Å². The molecule has 0 saturated carbocycles. The lowest BCUT2D eigenvalue weighted by Gasteiger charge is -2.39. The molecule has 152 valence electrons. The van der Waals surface area contributed by atoms with Crippen molar-refractivity contribution in [1.82, 2.24) is 0 Å². The van der Waals surface area contributed by atoms with Gasteiger partial charge in [-0.25, -0.2) is 8.78 Å². The number of ether oxygens (including phenoxy) is 2. The van der Waals surface area contributed by atoms with Crippen LogP contribution in [0.3, 0.4) is 0 Å². The van der Waals surface area contributed by atoms with Crippen LogP contribution in [0.4, 0.5) is 20.2 Å². The molecule has 4 rings (SSSR count). The second-order valence-electron chi connectivity index (χ2n) is 7.06. The van der Waals surface area contributed by atoms with Crippen LogP contribution in [0.5, 0.6) is 11.5 Å². The van der Waals surface area contributed by atoms with E-state index < -0.39 is 23.6 Å². The number of carbonyl (C=O) groups excluding carboxylic acids is 2. The van der Waals surface area contributed by atoms with Gasteiger partial charge in [0.1, 0.15) is 29.6 Å². The highest BCUT2D eigenvalue weighted by Gasteiger charge is 2.33. The first kappa shape index (κ1) is 19.0. The molecule has 0 unspecified atom stereocenters. The van der Waals surface area contributed by atoms with Gasteiger partial charge in [-0.3, -0.25) is 9.59 Å². The van der Waals surface area contributed by atoms with Crippen LogP contribution >= 0.6 is 0 Å². The highest BCUT2D eigenvalue weighted by Crippen LogP contribution is 2.40. The number of hydrogen-bond acceptors (Lipinski definition) is 5. The van der Waals surface area contributed by atoms with Crippen LogP contribution in [-0.4, -0.2) is 31.1 Å². The van der Waals surface area contributed by atoms with E-state index in [1.54, 1.807) is 11.0 Å². The van der Waals surface area contributed by atoms with E-state index in [4.69, 9.17) is 15.2 Å². The number of rotatable bonds is 4. The zero-order chi connectivity index (χ0) is 20.7. The maximum atomic E-state index is 14.7. The second kappa shape index (κ2) is 7.23. The van der Waals surface area contributed by atoms with Gasteiger partial charge in [-0.2, -0.15) is 0 Å². The molecule has 2 aliphatic heterocycles. The molecular formula is C20H19F2N3O4. The third-order valence-corrected chi connectivity index (χ3v) is 5.09. The number of halogens is 2. The summed E-state index contributed by atoms with van der Waals surface area (Å²) < 4.78 is 39.2. The number of amides is 2. The smallest absolute Gasteiger partial charge is 0.262 e. The molecule has 7 nitrogen and oxygen atoms in total. The largest absolute Gasteiger partial charge is 0.489 e. The molecule has 3 N–H and O–H groups in total. The average Bonchev–Trinajstić information content (AvgIpc) is 2.65. The fraction of sp³-hybridized carbons (Fsp3) is 0.300. The molecule has 0 saturated heterocycles. The molecule has 1 atom stereocenters. The normalized spacial score (nSPS) is 17.6. The maximum Gasteiger partial charge on any atom is 0.262 e. The summed E-state index contributed by atoms with van der Waals surface area (Å²) in [6, 6.07) is 4.89. The quantitative estimate of drug-likeness (QED) is 0.817. The van der Waals surface area contributed by atoms with Gasteiger partial charge in [0.05, 0.1) is 18.2 Å². The predicted molar refractivity (Wildman–Crippen MR) is 101 cm³/mol. The molecule has 0 fully saturated rings. The highest BCUT2D eigenvalue weighted by atomic mass is 19.1. The Bertz CT molecular complexity index is 1010. The van der Waals surface area contributed by atoms with Crippen LogP contribution in [0.25, 0.3) is 0 Å². The number of fused-ring (bicyclic) bond motifs is 2. The summed E-state index contributed by atoms with van der Waals surface area (Å²) in [6.07, 6.45) is -0.0555. The number of nitrogens with one attached hydrogen (secondary N) is 1. The van der Waals surface area contributed by atoms with Gasteiger partial charge in [-0.1, -0.05) is 6.07 Å². The van der Waals surface area contributed by atoms with Crippen LogP contribution in [-0.2, 0) is 16.1 Å². The van der Waals surface area contributed by atoms with Gasteiger partial charge in [-0.05, 0) is 24.1 Å². The molecule has 2 heterocycles. The summed E-state index contributed by atoms with van der Waals surface area (Å²) in [5.74, 6) is -1.74. The number of benzene rings is 2. The van der Waals surface area contributed by atoms with Crippen molar-refractivity contribution in [2.24, 2.45) is 5.73 Å². The van der Waals surface area contributed by atoms with E-state index in [1.165, 1.54) is 0 Å². The molecule has 0 bridgehead atoms. The summed E-state index contributed by atoms with van der Waals surface area (Å²) in [7, 11) is 0. The van der Waals surface area contributed by atoms with Crippen molar-refractivity contribution in [3.05, 3.63) is 47.0 Å². The summed E-state index contributed by atoms with van der Waals surface area (Å²) in [5.41, 5.74) is 7.52. The first-order chi connectivity index (χ1) is 13.8. The van der Waals surface area contributed by atoms with E-state index in [-0.39, 0.29) is 43.5 Å². The minimum absolute atomic E-state index is 0.0555. The topological polar surface area (TPSA) is 93.9 Å². The molecule has 0 spiro atoms. The number of primary amides is 1. The first-order valence-corrected chi connectivity index (χ1v) is 9.05. The van der Waals surface area contributed by atoms with Crippen molar-refractivity contribution in [2.75, 3.05) is 23.4 Å². The molecule has 0 aromatic heterocycles. The zero-order valence-corrected chi connectivity index (χ0v) is 15.6. The number of anilines is 2. The van der Waals surface area contributed by atoms with E-state index >= 15 is 0 Å². The Labute approximate surface area is 165 Å². The van der Waals surface area contributed by atoms with Crippen molar-refractivity contribution in [3.63, 3.8) is 0 Å². The lowest BCUT2D eigenvalue weighted by atomic mass is 10.0. The summed E-state index contributed by atoms with van der Waals surface area (Å²) in [5, 5.41) is 2.78. The molecule has 0 aliphatic carbocycles. The molecular weight excluding hydrogens is 384 g/mol. The van der Waals surface area contributed by atoms with Gasteiger partial charge in [0.2, 0.25) is 5.91 Å². The summed E-state index contributed by atoms with van der Waals surface area (Å²) >= 11 is 0. The van der Waals surface area contributed by atoms with Crippen LogP contribution in [0.1, 0.15) is 17.5 Å². The lowest BCUT2D eigenvalue weighted by molar-refractivity contribution is -0.119. The van der Waals surface area contributed by atoms with Gasteiger partial charge in [0.15, 0.2) is 12.4 Å². The first-order valence-electron chi connectivity index (χ1n) is 9.05. The van der Waals surface area contributed by atoms with Crippen molar-refractivity contribution >= 4 is 23.2 Å². The molecule has 0 radical (unpaired) electrons. The number of carbonyl (C=O) groups is 2. The molecule has 2 aromatic rings. The molecule has 9 heteroatoms. The van der Waals surface area contributed by atoms with Gasteiger partial charge in [0.25, 0.3) is 5.91 Å². The van der Waals surface area contributed by atoms with E-state index in [9.17, 15) is 18.4 Å². The third-order valence-electron chi connectivity index (χ3n) is 5.09. The summed E-state index contributed by atoms with van der Waals surface area (Å²) in [6.45, 7) is 2.02. The number of nitrogens with two attached hydrogens (primary N) is 1. The Morgan fingerprint density at radius 3 is 2.83 bits per heavy atom. The van der Waals surface area contributed by atoms with Crippen LogP contribution in [0.15, 0.2) is 24.3 Å². The van der Waals surface area contributed by atoms with Gasteiger partial charge < -0.3 is 25.4 Å². The molecule has 2 aromatic carbocycles. The zero-order valence-electron chi connectivity index (χ0n) is 15.6. The Hall–Kier alpha value is -3.36. The van der Waals surface area contributed by atoms with E-state index in [0.29, 0.717) is 11.4 Å². The van der Waals surface area contributed by atoms with Crippen LogP contribution < -0.4 is 25.4 Å². The Kier molecular flexibility index (Phi) is 4.73. The van der Waals surface area contributed by atoms with Crippen molar-refractivity contribution in [1.29, 1.82) is 0 Å². The van der Waals surface area contributed by atoms with E-state index in [2.05, 4.69) is 5.32 Å². The van der Waals surface area contributed by atoms with Crippen molar-refractivity contribution < 1.29 is 27.8 Å². The van der Waals surface area contributed by atoms with Gasteiger partial charge >= 0.3 is 0 Å². The van der Waals surface area contributed by atoms with Crippen LogP contribution in [0, 0.1) is 18.6 Å². The SMILES string of the molecule is Cc1c(CN2c3c(F)cc(F)cc3OC[C@H]2CC(N)=O)ccc2c1NC(=O)CO2. The van der Waals surface area contributed by atoms with E-state index in [0.717, 1.165) is 23.3 Å². The minimum atomic E-state index is -0.790. The van der Waals surface area contributed by atoms with E-state index in [1.807, 2.05) is 13.0 Å². The Morgan fingerprint density at radius 1 is 1.28 bits per heavy atom. The highest BCUT2D eigenvalue weighted by molar-refractivity contribution is 5.96. The third kappa shape index (κ3) is 3.55. The fourth-order valence-electron chi connectivity index (χ4n) is 3.68. The number of nitrogens with zero attached hydrogens (tertiary/aromatic N) is 1. The van der Waals surface area contributed by atoms with Crippen molar-refractivity contribution in [2.45, 2.75) is 25.9 Å². The molecule has 2 aliphatic rings. The molecule has 29 heavy (non-hydrogen) atoms. The summed E-state index contributed by atoms with van der Waals surface area (Å²) in [4.78, 5) is 24.9. The van der Waals surface area contributed by atoms with Crippen LogP contribution in [0.2, 0.25) is 0 Å². The second-order valence-corrected chi connectivity index (χ2v) is 7.06. The standard InChI is InChI=1S/C20H19F2N3O4/c1-10-11(2-3-15-19(10)24-18(27)9-29-15)7-25-13(6-17(23)26)8-28-16-5-12(21)4-14(22)20(16)25/h2-5,13H,6-9H2,1H3,(H2,23,26)(H,24,27)/t13-/m1/s1. The Balaban J connectivity index is 1.75. The minimum Gasteiger partial charge on any atom is -0.489 e. The van der Waals surface area contributed by atoms with Gasteiger partial charge in [0, 0.05) is 18.7 Å². The monoisotopic (exact) mass is 403 g/mol. The Morgan fingerprint density at radius 2 is 2.07 bits per heavy atom. The maximum absolute atomic E-state index is 14.7.